The topological polar surface area (TPSA) is 3.24 Å². The third kappa shape index (κ3) is 3.40. The molecule has 84 valence electrons. The lowest BCUT2D eigenvalue weighted by molar-refractivity contribution is 0.682. The fraction of sp³-hybridized carbons (Fsp3) is 0.385. The van der Waals surface area contributed by atoms with Gasteiger partial charge in [0, 0.05) is 5.75 Å². The molecule has 15 heavy (non-hydrogen) atoms. The molecule has 0 aliphatic heterocycles. The van der Waals surface area contributed by atoms with Crippen LogP contribution in [0.1, 0.15) is 11.1 Å². The van der Waals surface area contributed by atoms with Crippen molar-refractivity contribution in [3.63, 3.8) is 0 Å². The maximum Gasteiger partial charge on any atom is 0.0139 e. The minimum Gasteiger partial charge on any atom is -0.274 e. The highest BCUT2D eigenvalue weighted by molar-refractivity contribution is 8.30. The van der Waals surface area contributed by atoms with E-state index in [9.17, 15) is 0 Å². The van der Waals surface area contributed by atoms with E-state index in [1.54, 1.807) is 0 Å². The van der Waals surface area contributed by atoms with Gasteiger partial charge in [-0.1, -0.05) is 36.9 Å². The van der Waals surface area contributed by atoms with Crippen LogP contribution in [0.25, 0.3) is 6.08 Å². The minimum atomic E-state index is -0.663. The van der Waals surface area contributed by atoms with Crippen LogP contribution in [0.15, 0.2) is 30.8 Å². The SMILES string of the molecule is C=Cc1ccc(CS(C)(C)N(C)C)cc1. The molecule has 0 atom stereocenters. The highest BCUT2D eigenvalue weighted by Crippen LogP contribution is 2.45. The Bertz CT molecular complexity index is 325. The van der Waals surface area contributed by atoms with Crippen LogP contribution in [0, 0.1) is 0 Å². The van der Waals surface area contributed by atoms with Crippen molar-refractivity contribution in [3.05, 3.63) is 42.0 Å². The van der Waals surface area contributed by atoms with E-state index in [1.165, 1.54) is 11.1 Å². The van der Waals surface area contributed by atoms with Crippen molar-refractivity contribution in [3.8, 4) is 0 Å². The van der Waals surface area contributed by atoms with Crippen molar-refractivity contribution in [2.75, 3.05) is 26.6 Å². The maximum atomic E-state index is 3.76. The van der Waals surface area contributed by atoms with E-state index >= 15 is 0 Å². The van der Waals surface area contributed by atoms with Crippen LogP contribution in [-0.4, -0.2) is 30.9 Å². The molecule has 0 saturated heterocycles. The molecule has 0 bridgehead atoms. The Hall–Kier alpha value is -0.730. The normalized spacial score (nSPS) is 12.9. The monoisotopic (exact) mass is 223 g/mol. The summed E-state index contributed by atoms with van der Waals surface area (Å²) in [5.74, 6) is 1.15. The summed E-state index contributed by atoms with van der Waals surface area (Å²) in [7, 11) is 3.66. The van der Waals surface area contributed by atoms with Gasteiger partial charge in [-0.25, -0.2) is 0 Å². The molecule has 2 heteroatoms. The van der Waals surface area contributed by atoms with Gasteiger partial charge in [-0.05, 0) is 37.7 Å². The molecule has 0 N–H and O–H groups in total. The van der Waals surface area contributed by atoms with Gasteiger partial charge in [0.15, 0.2) is 0 Å². The molecule has 0 unspecified atom stereocenters. The third-order valence-electron chi connectivity index (χ3n) is 2.72. The number of benzene rings is 1. The van der Waals surface area contributed by atoms with Crippen LogP contribution in [0.4, 0.5) is 0 Å². The highest BCUT2D eigenvalue weighted by atomic mass is 32.3. The zero-order valence-corrected chi connectivity index (χ0v) is 11.0. The van der Waals surface area contributed by atoms with Crippen molar-refractivity contribution in [2.24, 2.45) is 0 Å². The fourth-order valence-corrected chi connectivity index (χ4v) is 2.55. The molecule has 0 saturated carbocycles. The Morgan fingerprint density at radius 2 is 1.73 bits per heavy atom. The number of rotatable bonds is 4. The first-order valence-corrected chi connectivity index (χ1v) is 7.63. The minimum absolute atomic E-state index is 0.663. The first-order valence-electron chi connectivity index (χ1n) is 5.05. The van der Waals surface area contributed by atoms with Crippen LogP contribution >= 0.6 is 10.2 Å². The van der Waals surface area contributed by atoms with E-state index in [2.05, 4.69) is 61.8 Å². The second-order valence-electron chi connectivity index (χ2n) is 4.38. The second kappa shape index (κ2) is 4.86. The number of hydrogen-bond donors (Lipinski definition) is 0. The molecule has 1 aromatic carbocycles. The zero-order valence-electron chi connectivity index (χ0n) is 10.2. The van der Waals surface area contributed by atoms with Gasteiger partial charge >= 0.3 is 0 Å². The average molecular weight is 223 g/mol. The molecule has 0 fully saturated rings. The Balaban J connectivity index is 2.77. The van der Waals surface area contributed by atoms with E-state index in [1.807, 2.05) is 6.08 Å². The molecular weight excluding hydrogens is 202 g/mol. The van der Waals surface area contributed by atoms with Crippen LogP contribution in [0.3, 0.4) is 0 Å². The predicted molar refractivity (Wildman–Crippen MR) is 73.4 cm³/mol. The molecule has 0 aromatic heterocycles. The smallest absolute Gasteiger partial charge is 0.0139 e. The maximum absolute atomic E-state index is 3.76. The molecule has 0 spiro atoms. The summed E-state index contributed by atoms with van der Waals surface area (Å²) in [4.78, 5) is 0. The number of nitrogens with zero attached hydrogens (tertiary/aromatic N) is 1. The lowest BCUT2D eigenvalue weighted by Gasteiger charge is -2.38. The quantitative estimate of drug-likeness (QED) is 0.756. The summed E-state index contributed by atoms with van der Waals surface area (Å²) in [5, 5.41) is 0. The van der Waals surface area contributed by atoms with Crippen LogP contribution in [0.2, 0.25) is 0 Å². The van der Waals surface area contributed by atoms with Crippen molar-refractivity contribution in [2.45, 2.75) is 5.75 Å². The van der Waals surface area contributed by atoms with Crippen LogP contribution < -0.4 is 0 Å². The van der Waals surface area contributed by atoms with Crippen LogP contribution in [0.5, 0.6) is 0 Å². The van der Waals surface area contributed by atoms with Gasteiger partial charge in [-0.15, -0.1) is 0 Å². The Morgan fingerprint density at radius 1 is 1.20 bits per heavy atom. The summed E-state index contributed by atoms with van der Waals surface area (Å²) < 4.78 is 2.34. The van der Waals surface area contributed by atoms with Gasteiger partial charge in [0.05, 0.1) is 0 Å². The number of hydrogen-bond acceptors (Lipinski definition) is 1. The van der Waals surface area contributed by atoms with E-state index in [0.29, 0.717) is 0 Å². The predicted octanol–water partition coefficient (Wildman–Crippen LogP) is 3.37. The summed E-state index contributed by atoms with van der Waals surface area (Å²) in [5.41, 5.74) is 2.60. The van der Waals surface area contributed by atoms with Crippen molar-refractivity contribution < 1.29 is 0 Å². The van der Waals surface area contributed by atoms with Gasteiger partial charge < -0.3 is 0 Å². The zero-order chi connectivity index (χ0) is 11.5. The summed E-state index contributed by atoms with van der Waals surface area (Å²) in [6.07, 6.45) is 6.57. The van der Waals surface area contributed by atoms with Crippen molar-refractivity contribution in [1.29, 1.82) is 0 Å². The average Bonchev–Trinajstić information content (AvgIpc) is 2.18. The molecule has 0 heterocycles. The summed E-state index contributed by atoms with van der Waals surface area (Å²) in [6, 6.07) is 8.67. The molecule has 1 rings (SSSR count). The van der Waals surface area contributed by atoms with E-state index in [-0.39, 0.29) is 0 Å². The molecule has 0 aliphatic carbocycles. The first-order chi connectivity index (χ1) is 6.95. The summed E-state index contributed by atoms with van der Waals surface area (Å²) >= 11 is 0. The molecule has 0 amide bonds. The molecule has 0 radical (unpaired) electrons. The molecular formula is C13H21NS. The molecule has 0 aliphatic rings. The fourth-order valence-electron chi connectivity index (χ4n) is 1.29. The van der Waals surface area contributed by atoms with E-state index < -0.39 is 10.2 Å². The van der Waals surface area contributed by atoms with Gasteiger partial charge in [-0.3, -0.25) is 4.31 Å². The Morgan fingerprint density at radius 3 is 2.13 bits per heavy atom. The van der Waals surface area contributed by atoms with Gasteiger partial charge in [-0.2, -0.15) is 10.2 Å². The van der Waals surface area contributed by atoms with Crippen LogP contribution in [-0.2, 0) is 5.75 Å². The first kappa shape index (κ1) is 12.3. The van der Waals surface area contributed by atoms with Crippen molar-refractivity contribution >= 4 is 16.3 Å². The Labute approximate surface area is 95.3 Å². The molecule has 1 aromatic rings. The largest absolute Gasteiger partial charge is 0.274 e. The molecule has 1 nitrogen and oxygen atoms in total. The highest BCUT2D eigenvalue weighted by Gasteiger charge is 2.14. The van der Waals surface area contributed by atoms with Gasteiger partial charge in [0.2, 0.25) is 0 Å². The van der Waals surface area contributed by atoms with Crippen molar-refractivity contribution in [1.82, 2.24) is 4.31 Å². The summed E-state index contributed by atoms with van der Waals surface area (Å²) in [6.45, 7) is 3.76. The third-order valence-corrected chi connectivity index (χ3v) is 5.74. The van der Waals surface area contributed by atoms with E-state index in [4.69, 9.17) is 0 Å². The lowest BCUT2D eigenvalue weighted by Crippen LogP contribution is -2.18. The standard InChI is InChI=1S/C13H21NS/c1-6-12-7-9-13(10-8-12)11-15(4,5)14(2)3/h6-10H,1,11H2,2-5H3. The van der Waals surface area contributed by atoms with Gasteiger partial charge in [0.25, 0.3) is 0 Å². The Kier molecular flexibility index (Phi) is 4.00. The lowest BCUT2D eigenvalue weighted by atomic mass is 10.1. The second-order valence-corrected chi connectivity index (χ2v) is 8.36. The van der Waals surface area contributed by atoms with E-state index in [0.717, 1.165) is 5.75 Å². The van der Waals surface area contributed by atoms with Gasteiger partial charge in [0.1, 0.15) is 0 Å².